The largest absolute Gasteiger partial charge is 0.247 e. The van der Waals surface area contributed by atoms with Gasteiger partial charge in [-0.1, -0.05) is 19.3 Å². The van der Waals surface area contributed by atoms with Crippen molar-refractivity contribution < 1.29 is 0 Å². The molecule has 0 unspecified atom stereocenters. The first-order valence-electron chi connectivity index (χ1n) is 6.62. The SMILES string of the molecule is Cc1nc(Cc2ncnn2C2CCCCC2)cs1. The molecule has 0 aromatic carbocycles. The second-order valence-electron chi connectivity index (χ2n) is 4.95. The highest BCUT2D eigenvalue weighted by molar-refractivity contribution is 7.09. The minimum absolute atomic E-state index is 0.552. The van der Waals surface area contributed by atoms with Crippen LogP contribution in [-0.4, -0.2) is 19.7 Å². The third kappa shape index (κ3) is 2.46. The first-order valence-corrected chi connectivity index (χ1v) is 7.50. The molecule has 18 heavy (non-hydrogen) atoms. The summed E-state index contributed by atoms with van der Waals surface area (Å²) < 4.78 is 2.13. The first kappa shape index (κ1) is 11.8. The second-order valence-corrected chi connectivity index (χ2v) is 6.01. The lowest BCUT2D eigenvalue weighted by Crippen LogP contribution is -2.17. The van der Waals surface area contributed by atoms with Crippen molar-refractivity contribution in [2.75, 3.05) is 0 Å². The van der Waals surface area contributed by atoms with E-state index in [0.29, 0.717) is 6.04 Å². The van der Waals surface area contributed by atoms with Crippen molar-refractivity contribution >= 4 is 11.3 Å². The number of hydrogen-bond acceptors (Lipinski definition) is 4. The third-order valence-corrected chi connectivity index (χ3v) is 4.40. The van der Waals surface area contributed by atoms with Gasteiger partial charge in [0, 0.05) is 5.38 Å². The van der Waals surface area contributed by atoms with Crippen LogP contribution < -0.4 is 0 Å². The number of rotatable bonds is 3. The van der Waals surface area contributed by atoms with E-state index in [2.05, 4.69) is 25.1 Å². The normalized spacial score (nSPS) is 17.2. The Bertz CT molecular complexity index is 511. The lowest BCUT2D eigenvalue weighted by Gasteiger charge is -2.22. The molecular formula is C13H18N4S. The summed E-state index contributed by atoms with van der Waals surface area (Å²) in [6.45, 7) is 2.04. The van der Waals surface area contributed by atoms with E-state index >= 15 is 0 Å². The topological polar surface area (TPSA) is 43.6 Å². The Morgan fingerprint density at radius 3 is 2.89 bits per heavy atom. The summed E-state index contributed by atoms with van der Waals surface area (Å²) in [5.74, 6) is 1.06. The second kappa shape index (κ2) is 5.18. The molecule has 2 aromatic rings. The monoisotopic (exact) mass is 262 g/mol. The van der Waals surface area contributed by atoms with Gasteiger partial charge in [0.2, 0.25) is 0 Å². The predicted octanol–water partition coefficient (Wildman–Crippen LogP) is 3.14. The zero-order valence-electron chi connectivity index (χ0n) is 10.7. The van der Waals surface area contributed by atoms with Crippen LogP contribution >= 0.6 is 11.3 Å². The highest BCUT2D eigenvalue weighted by atomic mass is 32.1. The molecule has 0 N–H and O–H groups in total. The maximum absolute atomic E-state index is 4.51. The number of thiazole rings is 1. The Morgan fingerprint density at radius 1 is 1.33 bits per heavy atom. The van der Waals surface area contributed by atoms with Gasteiger partial charge in [-0.15, -0.1) is 11.3 Å². The van der Waals surface area contributed by atoms with Crippen LogP contribution in [0.15, 0.2) is 11.7 Å². The number of aryl methyl sites for hydroxylation is 1. The van der Waals surface area contributed by atoms with Crippen LogP contribution in [-0.2, 0) is 6.42 Å². The fraction of sp³-hybridized carbons (Fsp3) is 0.615. The molecule has 0 amide bonds. The van der Waals surface area contributed by atoms with Crippen LogP contribution in [0.25, 0.3) is 0 Å². The predicted molar refractivity (Wildman–Crippen MR) is 71.8 cm³/mol. The minimum atomic E-state index is 0.552. The van der Waals surface area contributed by atoms with E-state index in [1.807, 2.05) is 6.92 Å². The number of nitrogens with zero attached hydrogens (tertiary/aromatic N) is 4. The molecule has 0 bridgehead atoms. The molecule has 0 spiro atoms. The standard InChI is InChI=1S/C13H18N4S/c1-10-16-11(8-18-10)7-13-14-9-15-17(13)12-5-3-2-4-6-12/h8-9,12H,2-7H2,1H3. The van der Waals surface area contributed by atoms with E-state index in [1.54, 1.807) is 17.7 Å². The van der Waals surface area contributed by atoms with Crippen LogP contribution in [0.1, 0.15) is 54.7 Å². The summed E-state index contributed by atoms with van der Waals surface area (Å²) in [6.07, 6.45) is 8.98. The summed E-state index contributed by atoms with van der Waals surface area (Å²) in [5, 5.41) is 7.66. The van der Waals surface area contributed by atoms with E-state index in [1.165, 1.54) is 32.1 Å². The molecule has 1 fully saturated rings. The lowest BCUT2D eigenvalue weighted by molar-refractivity contribution is 0.322. The Hall–Kier alpha value is -1.23. The van der Waals surface area contributed by atoms with Crippen molar-refractivity contribution in [3.63, 3.8) is 0 Å². The fourth-order valence-electron chi connectivity index (χ4n) is 2.68. The van der Waals surface area contributed by atoms with Gasteiger partial charge in [-0.05, 0) is 19.8 Å². The van der Waals surface area contributed by atoms with Crippen molar-refractivity contribution in [1.82, 2.24) is 19.7 Å². The van der Waals surface area contributed by atoms with E-state index in [-0.39, 0.29) is 0 Å². The van der Waals surface area contributed by atoms with Gasteiger partial charge in [-0.3, -0.25) is 0 Å². The van der Waals surface area contributed by atoms with Crippen LogP contribution in [0.4, 0.5) is 0 Å². The van der Waals surface area contributed by atoms with Crippen molar-refractivity contribution in [1.29, 1.82) is 0 Å². The zero-order chi connectivity index (χ0) is 12.4. The Kier molecular flexibility index (Phi) is 3.41. The molecule has 2 heterocycles. The molecule has 4 nitrogen and oxygen atoms in total. The average Bonchev–Trinajstić information content (AvgIpc) is 3.00. The van der Waals surface area contributed by atoms with Gasteiger partial charge >= 0.3 is 0 Å². The molecule has 0 radical (unpaired) electrons. The third-order valence-electron chi connectivity index (χ3n) is 3.57. The molecule has 0 atom stereocenters. The minimum Gasteiger partial charge on any atom is -0.247 e. The molecule has 96 valence electrons. The molecule has 5 heteroatoms. The molecule has 2 aromatic heterocycles. The van der Waals surface area contributed by atoms with Crippen molar-refractivity contribution in [2.24, 2.45) is 0 Å². The van der Waals surface area contributed by atoms with Crippen LogP contribution in [0.3, 0.4) is 0 Å². The lowest BCUT2D eigenvalue weighted by atomic mass is 9.95. The van der Waals surface area contributed by atoms with Gasteiger partial charge in [0.05, 0.1) is 23.2 Å². The van der Waals surface area contributed by atoms with E-state index < -0.39 is 0 Å². The summed E-state index contributed by atoms with van der Waals surface area (Å²) in [7, 11) is 0. The van der Waals surface area contributed by atoms with E-state index in [4.69, 9.17) is 0 Å². The van der Waals surface area contributed by atoms with Gasteiger partial charge in [-0.25, -0.2) is 14.6 Å². The number of aromatic nitrogens is 4. The molecule has 0 aliphatic heterocycles. The Morgan fingerprint density at radius 2 is 2.17 bits per heavy atom. The molecule has 1 saturated carbocycles. The maximum atomic E-state index is 4.51. The Balaban J connectivity index is 1.78. The molecule has 3 rings (SSSR count). The summed E-state index contributed by atoms with van der Waals surface area (Å²) in [6, 6.07) is 0.552. The summed E-state index contributed by atoms with van der Waals surface area (Å²) in [4.78, 5) is 8.92. The zero-order valence-corrected chi connectivity index (χ0v) is 11.5. The fourth-order valence-corrected chi connectivity index (χ4v) is 3.30. The molecule has 1 aliphatic carbocycles. The van der Waals surface area contributed by atoms with E-state index in [0.717, 1.165) is 22.9 Å². The van der Waals surface area contributed by atoms with Gasteiger partial charge in [-0.2, -0.15) is 5.10 Å². The van der Waals surface area contributed by atoms with Crippen molar-refractivity contribution in [3.8, 4) is 0 Å². The van der Waals surface area contributed by atoms with Crippen LogP contribution in [0.5, 0.6) is 0 Å². The number of hydrogen-bond donors (Lipinski definition) is 0. The summed E-state index contributed by atoms with van der Waals surface area (Å²) in [5.41, 5.74) is 1.11. The van der Waals surface area contributed by atoms with Crippen molar-refractivity contribution in [3.05, 3.63) is 28.2 Å². The quantitative estimate of drug-likeness (QED) is 0.853. The van der Waals surface area contributed by atoms with Crippen molar-refractivity contribution in [2.45, 2.75) is 51.5 Å². The maximum Gasteiger partial charge on any atom is 0.138 e. The van der Waals surface area contributed by atoms with Gasteiger partial charge in [0.1, 0.15) is 12.2 Å². The van der Waals surface area contributed by atoms with Gasteiger partial charge in [0.15, 0.2) is 0 Å². The molecular weight excluding hydrogens is 244 g/mol. The van der Waals surface area contributed by atoms with Crippen LogP contribution in [0, 0.1) is 6.92 Å². The highest BCUT2D eigenvalue weighted by Crippen LogP contribution is 2.28. The van der Waals surface area contributed by atoms with E-state index in [9.17, 15) is 0 Å². The van der Waals surface area contributed by atoms with Gasteiger partial charge < -0.3 is 0 Å². The highest BCUT2D eigenvalue weighted by Gasteiger charge is 2.19. The smallest absolute Gasteiger partial charge is 0.138 e. The summed E-state index contributed by atoms with van der Waals surface area (Å²) >= 11 is 1.70. The Labute approximate surface area is 111 Å². The average molecular weight is 262 g/mol. The van der Waals surface area contributed by atoms with Gasteiger partial charge in [0.25, 0.3) is 0 Å². The molecule has 1 aliphatic rings. The molecule has 0 saturated heterocycles. The first-order chi connectivity index (χ1) is 8.83. The van der Waals surface area contributed by atoms with Crippen LogP contribution in [0.2, 0.25) is 0 Å².